The number of ether oxygens (including phenoxy) is 3. The second kappa shape index (κ2) is 7.51. The molecule has 0 amide bonds. The lowest BCUT2D eigenvalue weighted by Gasteiger charge is -2.21. The van der Waals surface area contributed by atoms with E-state index < -0.39 is 13.7 Å². The van der Waals surface area contributed by atoms with Crippen molar-refractivity contribution in [2.45, 2.75) is 24.4 Å². The van der Waals surface area contributed by atoms with Crippen molar-refractivity contribution in [3.63, 3.8) is 0 Å². The third-order valence-electron chi connectivity index (χ3n) is 3.65. The maximum Gasteiger partial charge on any atom is 0.351 e. The van der Waals surface area contributed by atoms with E-state index in [1.54, 1.807) is 14.2 Å². The van der Waals surface area contributed by atoms with Crippen LogP contribution in [0, 0.1) is 0 Å². The molecule has 1 unspecified atom stereocenters. The van der Waals surface area contributed by atoms with Crippen LogP contribution in [0.4, 0.5) is 0 Å². The fourth-order valence-electron chi connectivity index (χ4n) is 2.53. The highest BCUT2D eigenvalue weighted by atomic mass is 31.2. The first-order valence-corrected chi connectivity index (χ1v) is 8.50. The summed E-state index contributed by atoms with van der Waals surface area (Å²) in [7, 11) is 0.590. The topological polar surface area (TPSA) is 74.2 Å². The number of hydrogen-bond acceptors (Lipinski definition) is 5. The number of hydrogen-bond donors (Lipinski definition) is 1. The summed E-state index contributed by atoms with van der Waals surface area (Å²) in [6.45, 7) is 0. The van der Waals surface area contributed by atoms with Gasteiger partial charge in [-0.15, -0.1) is 0 Å². The van der Waals surface area contributed by atoms with Crippen LogP contribution in [-0.2, 0) is 23.3 Å². The van der Waals surface area contributed by atoms with E-state index in [0.717, 1.165) is 11.4 Å². The summed E-state index contributed by atoms with van der Waals surface area (Å²) in [6.07, 6.45) is -0.0267. The Labute approximate surface area is 130 Å². The van der Waals surface area contributed by atoms with Crippen LogP contribution in [0.15, 0.2) is 42.2 Å². The average Bonchev–Trinajstić information content (AvgIpc) is 2.91. The molecule has 1 aromatic rings. The van der Waals surface area contributed by atoms with Crippen molar-refractivity contribution in [1.82, 2.24) is 0 Å². The standard InChI is InChI=1S/C15H21O6P/c1-18-14-12(9-10-22(16,17)20-3)21-13(15(14)19-2)11-7-5-4-6-8-11/h4-10,12-15H,1-3H3,(H,16,17)/b10-9+/t12-,13+,14-,15+/m1/s1. The van der Waals surface area contributed by atoms with Gasteiger partial charge in [-0.25, -0.2) is 0 Å². The molecule has 1 N–H and O–H groups in total. The van der Waals surface area contributed by atoms with Crippen molar-refractivity contribution in [1.29, 1.82) is 0 Å². The zero-order chi connectivity index (χ0) is 16.2. The predicted molar refractivity (Wildman–Crippen MR) is 81.6 cm³/mol. The lowest BCUT2D eigenvalue weighted by molar-refractivity contribution is -0.0264. The largest absolute Gasteiger partial charge is 0.376 e. The maximum atomic E-state index is 11.6. The second-order valence-corrected chi connectivity index (χ2v) is 6.71. The van der Waals surface area contributed by atoms with Gasteiger partial charge in [-0.1, -0.05) is 30.3 Å². The van der Waals surface area contributed by atoms with Crippen molar-refractivity contribution < 1.29 is 28.2 Å². The average molecular weight is 328 g/mol. The first-order chi connectivity index (χ1) is 10.5. The summed E-state index contributed by atoms with van der Waals surface area (Å²) in [4.78, 5) is 9.47. The van der Waals surface area contributed by atoms with Crippen molar-refractivity contribution in [2.24, 2.45) is 0 Å². The molecule has 0 spiro atoms. The van der Waals surface area contributed by atoms with E-state index >= 15 is 0 Å². The minimum absolute atomic E-state index is 0.313. The van der Waals surface area contributed by atoms with Crippen LogP contribution in [0.5, 0.6) is 0 Å². The number of methoxy groups -OCH3 is 2. The molecule has 2 rings (SSSR count). The molecule has 0 saturated carbocycles. The summed E-state index contributed by atoms with van der Waals surface area (Å²) in [6, 6.07) is 9.65. The van der Waals surface area contributed by atoms with E-state index in [4.69, 9.17) is 14.2 Å². The molecule has 0 aromatic heterocycles. The fourth-order valence-corrected chi connectivity index (χ4v) is 3.04. The first-order valence-electron chi connectivity index (χ1n) is 6.86. The Balaban J connectivity index is 2.24. The van der Waals surface area contributed by atoms with Gasteiger partial charge in [-0.2, -0.15) is 0 Å². The molecule has 22 heavy (non-hydrogen) atoms. The van der Waals surface area contributed by atoms with Crippen LogP contribution in [-0.4, -0.2) is 44.5 Å². The molecule has 1 saturated heterocycles. The van der Waals surface area contributed by atoms with E-state index in [-0.39, 0.29) is 18.3 Å². The molecule has 5 atom stereocenters. The highest BCUT2D eigenvalue weighted by Crippen LogP contribution is 2.44. The Morgan fingerprint density at radius 2 is 1.77 bits per heavy atom. The van der Waals surface area contributed by atoms with Crippen molar-refractivity contribution >= 4 is 7.60 Å². The Morgan fingerprint density at radius 1 is 1.14 bits per heavy atom. The molecule has 0 bridgehead atoms. The lowest BCUT2D eigenvalue weighted by atomic mass is 10.0. The van der Waals surface area contributed by atoms with Crippen molar-refractivity contribution in [2.75, 3.05) is 21.3 Å². The van der Waals surface area contributed by atoms with Crippen LogP contribution in [0.3, 0.4) is 0 Å². The monoisotopic (exact) mass is 328 g/mol. The summed E-state index contributed by atoms with van der Waals surface area (Å²) in [5, 5.41) is 0. The first kappa shape index (κ1) is 17.3. The zero-order valence-corrected chi connectivity index (χ0v) is 13.7. The van der Waals surface area contributed by atoms with Crippen molar-refractivity contribution in [3.05, 3.63) is 47.8 Å². The number of rotatable bonds is 6. The van der Waals surface area contributed by atoms with Gasteiger partial charge in [0.15, 0.2) is 0 Å². The minimum Gasteiger partial charge on any atom is -0.376 e. The molecular formula is C15H21O6P. The molecule has 0 radical (unpaired) electrons. The third-order valence-corrected chi connectivity index (χ3v) is 4.72. The Hall–Kier alpha value is -1.01. The second-order valence-electron chi connectivity index (χ2n) is 4.92. The van der Waals surface area contributed by atoms with Crippen LogP contribution >= 0.6 is 7.60 Å². The Kier molecular flexibility index (Phi) is 5.92. The SMILES string of the molecule is CO[C@@H]1[C@H](OC)[C@@H](/C=C/P(=O)(O)OC)O[C@H]1c1ccccc1. The lowest BCUT2D eigenvalue weighted by Crippen LogP contribution is -2.33. The summed E-state index contributed by atoms with van der Waals surface area (Å²) in [5.41, 5.74) is 0.964. The molecule has 1 aliphatic heterocycles. The Morgan fingerprint density at radius 3 is 2.32 bits per heavy atom. The van der Waals surface area contributed by atoms with Gasteiger partial charge in [0.25, 0.3) is 0 Å². The molecule has 6 nitrogen and oxygen atoms in total. The van der Waals surface area contributed by atoms with E-state index in [1.165, 1.54) is 13.2 Å². The molecule has 1 aromatic carbocycles. The van der Waals surface area contributed by atoms with Gasteiger partial charge >= 0.3 is 7.60 Å². The summed E-state index contributed by atoms with van der Waals surface area (Å²) < 4.78 is 33.0. The van der Waals surface area contributed by atoms with E-state index in [1.807, 2.05) is 30.3 Å². The summed E-state index contributed by atoms with van der Waals surface area (Å²) >= 11 is 0. The molecule has 1 heterocycles. The summed E-state index contributed by atoms with van der Waals surface area (Å²) in [5.74, 6) is 1.11. The van der Waals surface area contributed by atoms with Crippen molar-refractivity contribution in [3.8, 4) is 0 Å². The van der Waals surface area contributed by atoms with Gasteiger partial charge in [0, 0.05) is 27.1 Å². The number of benzene rings is 1. The zero-order valence-electron chi connectivity index (χ0n) is 12.8. The smallest absolute Gasteiger partial charge is 0.351 e. The van der Waals surface area contributed by atoms with Gasteiger partial charge in [-0.3, -0.25) is 4.57 Å². The maximum absolute atomic E-state index is 11.6. The van der Waals surface area contributed by atoms with Gasteiger partial charge in [-0.05, 0) is 11.6 Å². The highest BCUT2D eigenvalue weighted by Gasteiger charge is 2.45. The third kappa shape index (κ3) is 3.84. The predicted octanol–water partition coefficient (Wildman–Crippen LogP) is 2.50. The molecule has 7 heteroatoms. The molecule has 0 aliphatic carbocycles. The van der Waals surface area contributed by atoms with Gasteiger partial charge < -0.3 is 23.6 Å². The van der Waals surface area contributed by atoms with Gasteiger partial charge in [0.2, 0.25) is 0 Å². The quantitative estimate of drug-likeness (QED) is 0.809. The van der Waals surface area contributed by atoms with Crippen LogP contribution in [0.2, 0.25) is 0 Å². The Bertz CT molecular complexity index is 546. The highest BCUT2D eigenvalue weighted by molar-refractivity contribution is 7.56. The van der Waals surface area contributed by atoms with Crippen LogP contribution in [0.25, 0.3) is 0 Å². The molecule has 122 valence electrons. The fraction of sp³-hybridized carbons (Fsp3) is 0.467. The molecule has 1 aliphatic rings. The van der Waals surface area contributed by atoms with Crippen LogP contribution < -0.4 is 0 Å². The normalized spacial score (nSPS) is 31.5. The molecule has 1 fully saturated rings. The van der Waals surface area contributed by atoms with Gasteiger partial charge in [0.1, 0.15) is 24.4 Å². The van der Waals surface area contributed by atoms with E-state index in [9.17, 15) is 9.46 Å². The minimum atomic E-state index is -3.74. The van der Waals surface area contributed by atoms with Gasteiger partial charge in [0.05, 0.1) is 0 Å². The van der Waals surface area contributed by atoms with E-state index in [0.29, 0.717) is 0 Å². The van der Waals surface area contributed by atoms with Crippen LogP contribution in [0.1, 0.15) is 11.7 Å². The molecular weight excluding hydrogens is 307 g/mol. The van der Waals surface area contributed by atoms with E-state index in [2.05, 4.69) is 4.52 Å².